The summed E-state index contributed by atoms with van der Waals surface area (Å²) >= 11 is 3.93. The van der Waals surface area contributed by atoms with Crippen LogP contribution in [0.2, 0.25) is 0 Å². The summed E-state index contributed by atoms with van der Waals surface area (Å²) in [6, 6.07) is 123. The van der Waals surface area contributed by atoms with Crippen molar-refractivity contribution in [3.05, 3.63) is 366 Å². The molecule has 6 heteroatoms. The van der Waals surface area contributed by atoms with Crippen LogP contribution in [0.3, 0.4) is 0 Å². The first-order valence-electron chi connectivity index (χ1n) is 38.6. The smallest absolute Gasteiger partial charge is 0.456 e. The molecule has 0 aliphatic heterocycles. The molecule has 0 saturated heterocycles. The highest BCUT2D eigenvalue weighted by atomic mass is 79.9. The van der Waals surface area contributed by atoms with Crippen LogP contribution in [0.15, 0.2) is 353 Å². The van der Waals surface area contributed by atoms with Crippen molar-refractivity contribution in [2.24, 2.45) is 0 Å². The molecular weight excluding hydrogens is 1430 g/mol. The lowest BCUT2D eigenvalue weighted by molar-refractivity contribution is 0.425. The van der Waals surface area contributed by atoms with Gasteiger partial charge in [0.2, 0.25) is 0 Å². The Balaban J connectivity index is 0.000000117. The van der Waals surface area contributed by atoms with Crippen molar-refractivity contribution in [3.8, 4) is 55.6 Å². The number of para-hydroxylation sites is 4. The minimum atomic E-state index is -1.51. The van der Waals surface area contributed by atoms with E-state index in [-0.39, 0.29) is 10.8 Å². The second-order valence-corrected chi connectivity index (χ2v) is 32.2. The maximum absolute atomic E-state index is 9.24. The van der Waals surface area contributed by atoms with Crippen LogP contribution in [0.5, 0.6) is 0 Å². The molecule has 2 aliphatic rings. The molecule has 0 unspecified atom stereocenters. The zero-order chi connectivity index (χ0) is 75.0. The highest BCUT2D eigenvalue weighted by Crippen LogP contribution is 2.57. The van der Waals surface area contributed by atoms with Crippen LogP contribution < -0.4 is 5.46 Å². The molecule has 2 aromatic heterocycles. The Hall–Kier alpha value is -12.9. The molecule has 528 valence electrons. The van der Waals surface area contributed by atoms with Gasteiger partial charge in [0.1, 0.15) is 22.3 Å². The maximum atomic E-state index is 9.24. The zero-order valence-electron chi connectivity index (χ0n) is 62.0. The summed E-state index contributed by atoms with van der Waals surface area (Å²) in [5, 5.41) is 48.6. The van der Waals surface area contributed by atoms with Gasteiger partial charge in [-0.3, -0.25) is 0 Å². The van der Waals surface area contributed by atoms with Gasteiger partial charge in [0.15, 0.2) is 0 Å². The Bertz CT molecular complexity index is 7710. The van der Waals surface area contributed by atoms with Gasteiger partial charge in [0.05, 0.1) is 0 Å². The fourth-order valence-corrected chi connectivity index (χ4v) is 20.3. The van der Waals surface area contributed by atoms with Crippen LogP contribution in [0.1, 0.15) is 49.9 Å². The highest BCUT2D eigenvalue weighted by molar-refractivity contribution is 9.10. The molecule has 0 saturated carbocycles. The Kier molecular flexibility index (Phi) is 14.8. The third-order valence-electron chi connectivity index (χ3n) is 24.8. The average molecular weight is 1500 g/mol. The van der Waals surface area contributed by atoms with Gasteiger partial charge in [-0.2, -0.15) is 0 Å². The normalized spacial score (nSPS) is 13.3. The Morgan fingerprint density at radius 3 is 0.911 bits per heavy atom. The highest BCUT2D eigenvalue weighted by Gasteiger charge is 2.39. The SMILES string of the molecule is CC1(C)c2cc(-c3c4ccccc4c(-c4cccc5c4oc4ccccc45)c4ccccc34)ccc2-c2cc3c4ccccc4c4ccccc4c3cc21.CC1(C)c2cc(-c3c4ccccc4c(Br)c4ccccc34)ccc2-c2cc3c4ccccc4c4ccccc4c3cc21.OB(O)c1cccc2c1oc1ccccc12. The molecule has 2 N–H and O–H groups in total. The third kappa shape index (κ3) is 9.75. The fraction of sp³-hybridized carbons (Fsp3) is 0.0566. The largest absolute Gasteiger partial charge is 0.492 e. The summed E-state index contributed by atoms with van der Waals surface area (Å²) in [7, 11) is -1.51. The lowest BCUT2D eigenvalue weighted by Crippen LogP contribution is -2.29. The van der Waals surface area contributed by atoms with Crippen molar-refractivity contribution in [1.29, 1.82) is 0 Å². The minimum Gasteiger partial charge on any atom is -0.456 e. The van der Waals surface area contributed by atoms with E-state index >= 15 is 0 Å². The minimum absolute atomic E-state index is 0.122. The quantitative estimate of drug-likeness (QED) is 0.105. The Morgan fingerprint density at radius 1 is 0.232 bits per heavy atom. The maximum Gasteiger partial charge on any atom is 0.492 e. The summed E-state index contributed by atoms with van der Waals surface area (Å²) in [6.45, 7) is 9.61. The van der Waals surface area contributed by atoms with Crippen LogP contribution >= 0.6 is 15.9 Å². The van der Waals surface area contributed by atoms with E-state index in [9.17, 15) is 10.0 Å². The van der Waals surface area contributed by atoms with Crippen molar-refractivity contribution < 1.29 is 18.9 Å². The van der Waals surface area contributed by atoms with E-state index < -0.39 is 7.12 Å². The van der Waals surface area contributed by atoms with Crippen molar-refractivity contribution in [2.75, 3.05) is 0 Å². The monoisotopic (exact) mass is 1500 g/mol. The summed E-state index contributed by atoms with van der Waals surface area (Å²) in [5.41, 5.74) is 21.7. The number of furan rings is 2. The summed E-state index contributed by atoms with van der Waals surface area (Å²) in [4.78, 5) is 0. The van der Waals surface area contributed by atoms with Gasteiger partial charge in [-0.05, 0) is 239 Å². The number of rotatable bonds is 4. The lowest BCUT2D eigenvalue weighted by atomic mass is 9.79. The van der Waals surface area contributed by atoms with E-state index in [0.29, 0.717) is 11.0 Å². The van der Waals surface area contributed by atoms with Crippen molar-refractivity contribution in [3.63, 3.8) is 0 Å². The molecular formula is C106H70BBrO4. The molecule has 24 rings (SSSR count). The Labute approximate surface area is 655 Å². The predicted octanol–water partition coefficient (Wildman–Crippen LogP) is 28.4. The molecule has 2 aliphatic carbocycles. The Morgan fingerprint density at radius 2 is 0.518 bits per heavy atom. The number of halogens is 1. The van der Waals surface area contributed by atoms with Crippen molar-refractivity contribution in [1.82, 2.24) is 0 Å². The van der Waals surface area contributed by atoms with Gasteiger partial charge in [-0.15, -0.1) is 0 Å². The van der Waals surface area contributed by atoms with Gasteiger partial charge in [-0.25, -0.2) is 0 Å². The summed E-state index contributed by atoms with van der Waals surface area (Å²) in [6.07, 6.45) is 0. The first kappa shape index (κ1) is 66.1. The molecule has 22 aromatic rings. The molecule has 20 aromatic carbocycles. The fourth-order valence-electron chi connectivity index (χ4n) is 19.6. The van der Waals surface area contributed by atoms with E-state index in [1.54, 1.807) is 12.1 Å². The standard InChI is InChI=1S/C53H34O.C41H27Br.C12H9BO3/c1-53(2)47-28-31(26-27-36(47)46-29-44-34-16-5-3-14-32(34)33-15-4-6-17-35(33)45(44)30-48(46)53)50-38-19-7-9-21-40(38)51(41-22-10-8-20-39(41)50)43-24-13-23-42-37-18-11-12-25-49(37)54-52(42)43;1-41(2)37-21-24(39-30-15-7-9-17-32(30)40(42)33-18-10-8-16-31(33)39)19-20-29(37)36-22-34-27-13-5-3-11-25(27)26-12-4-6-14-28(26)35(34)23-38(36)41;14-13(15)10-6-3-5-9-8-4-1-2-7-11(8)16-12(9)10/h3-30H,1-2H3;3-23H,1-2H3;1-7,14-15H. The van der Waals surface area contributed by atoms with Crippen molar-refractivity contribution in [2.45, 2.75) is 38.5 Å². The molecule has 0 amide bonds. The average Bonchev–Trinajstić information content (AvgIpc) is 1.54. The van der Waals surface area contributed by atoms with E-state index in [2.05, 4.69) is 335 Å². The molecule has 4 nitrogen and oxygen atoms in total. The van der Waals surface area contributed by atoms with Crippen LogP contribution in [0.25, 0.3) is 207 Å². The number of hydrogen-bond acceptors (Lipinski definition) is 4. The van der Waals surface area contributed by atoms with E-state index in [4.69, 9.17) is 8.83 Å². The molecule has 0 atom stereocenters. The van der Waals surface area contributed by atoms with Crippen LogP contribution in [-0.4, -0.2) is 17.2 Å². The molecule has 0 bridgehead atoms. The topological polar surface area (TPSA) is 66.7 Å². The first-order chi connectivity index (χ1) is 54.8. The van der Waals surface area contributed by atoms with Crippen molar-refractivity contribution >= 4 is 180 Å². The van der Waals surface area contributed by atoms with Gasteiger partial charge in [0, 0.05) is 53.4 Å². The summed E-state index contributed by atoms with van der Waals surface area (Å²) in [5.74, 6) is 0. The predicted molar refractivity (Wildman–Crippen MR) is 478 cm³/mol. The number of benzene rings is 20. The lowest BCUT2D eigenvalue weighted by Gasteiger charge is -2.23. The van der Waals surface area contributed by atoms with Gasteiger partial charge >= 0.3 is 7.12 Å². The molecule has 0 radical (unpaired) electrons. The number of fused-ring (bicyclic) bond motifs is 28. The second kappa shape index (κ2) is 25.0. The summed E-state index contributed by atoms with van der Waals surface area (Å²) < 4.78 is 13.4. The third-order valence-corrected chi connectivity index (χ3v) is 25.7. The second-order valence-electron chi connectivity index (χ2n) is 31.4. The molecule has 0 spiro atoms. The number of hydrogen-bond donors (Lipinski definition) is 2. The van der Waals surface area contributed by atoms with Gasteiger partial charge in [-0.1, -0.05) is 319 Å². The molecule has 0 fully saturated rings. The van der Waals surface area contributed by atoms with Crippen LogP contribution in [-0.2, 0) is 10.8 Å². The zero-order valence-corrected chi connectivity index (χ0v) is 63.6. The van der Waals surface area contributed by atoms with E-state index in [0.717, 1.165) is 48.3 Å². The van der Waals surface area contributed by atoms with Crippen LogP contribution in [0.4, 0.5) is 0 Å². The molecule has 112 heavy (non-hydrogen) atoms. The first-order valence-corrected chi connectivity index (χ1v) is 39.4. The van der Waals surface area contributed by atoms with Gasteiger partial charge in [0.25, 0.3) is 0 Å². The van der Waals surface area contributed by atoms with Gasteiger partial charge < -0.3 is 18.9 Å². The van der Waals surface area contributed by atoms with E-state index in [1.807, 2.05) is 36.4 Å². The molecule has 2 heterocycles. The van der Waals surface area contributed by atoms with E-state index in [1.165, 1.54) is 180 Å². The van der Waals surface area contributed by atoms with Crippen LogP contribution in [0, 0.1) is 0 Å².